The van der Waals surface area contributed by atoms with Gasteiger partial charge in [-0.15, -0.1) is 0 Å². The topological polar surface area (TPSA) is 18.5 Å². The number of ether oxygens (including phenoxy) is 2. The lowest BCUT2D eigenvalue weighted by molar-refractivity contribution is -0.0390. The van der Waals surface area contributed by atoms with Gasteiger partial charge in [0.1, 0.15) is 0 Å². The second-order valence-electron chi connectivity index (χ2n) is 6.45. The first-order chi connectivity index (χ1) is 9.62. The van der Waals surface area contributed by atoms with E-state index in [-0.39, 0.29) is 5.41 Å². The molecule has 2 heteroatoms. The molecule has 0 N–H and O–H groups in total. The first-order valence-electron chi connectivity index (χ1n) is 7.90. The van der Waals surface area contributed by atoms with Gasteiger partial charge in [0, 0.05) is 13.2 Å². The normalized spacial score (nSPS) is 17.4. The highest BCUT2D eigenvalue weighted by Gasteiger charge is 2.19. The minimum Gasteiger partial charge on any atom is -0.381 e. The molecule has 0 radical (unpaired) electrons. The fourth-order valence-corrected chi connectivity index (χ4v) is 2.88. The van der Waals surface area contributed by atoms with Crippen molar-refractivity contribution < 1.29 is 9.47 Å². The van der Waals surface area contributed by atoms with E-state index >= 15 is 0 Å². The lowest BCUT2D eigenvalue weighted by Gasteiger charge is -2.25. The fraction of sp³-hybridized carbons (Fsp3) is 0.667. The van der Waals surface area contributed by atoms with Crippen molar-refractivity contribution in [3.8, 4) is 0 Å². The number of benzene rings is 1. The van der Waals surface area contributed by atoms with E-state index in [1.807, 2.05) is 0 Å². The van der Waals surface area contributed by atoms with Gasteiger partial charge < -0.3 is 9.47 Å². The highest BCUT2D eigenvalue weighted by Crippen LogP contribution is 2.28. The average Bonchev–Trinajstić information content (AvgIpc) is 2.47. The summed E-state index contributed by atoms with van der Waals surface area (Å²) in [6.45, 7) is 9.30. The van der Waals surface area contributed by atoms with Gasteiger partial charge in [0.2, 0.25) is 0 Å². The molecule has 0 atom stereocenters. The molecule has 0 aromatic heterocycles. The van der Waals surface area contributed by atoms with E-state index in [2.05, 4.69) is 45.0 Å². The van der Waals surface area contributed by atoms with Gasteiger partial charge in [-0.1, -0.05) is 51.5 Å². The second kappa shape index (κ2) is 7.24. The molecular formula is C18H28O2. The minimum atomic E-state index is 0.273. The van der Waals surface area contributed by atoms with Crippen molar-refractivity contribution in [1.82, 2.24) is 0 Å². The van der Waals surface area contributed by atoms with Gasteiger partial charge in [-0.05, 0) is 35.8 Å². The van der Waals surface area contributed by atoms with E-state index in [0.29, 0.717) is 6.10 Å². The highest BCUT2D eigenvalue weighted by molar-refractivity contribution is 5.27. The molecule has 1 fully saturated rings. The Kier molecular flexibility index (Phi) is 5.62. The third-order valence-electron chi connectivity index (χ3n) is 4.26. The van der Waals surface area contributed by atoms with Gasteiger partial charge in [-0.25, -0.2) is 0 Å². The molecule has 0 amide bonds. The number of rotatable bonds is 6. The smallest absolute Gasteiger partial charge is 0.0720 e. The van der Waals surface area contributed by atoms with Gasteiger partial charge >= 0.3 is 0 Å². The maximum absolute atomic E-state index is 5.96. The monoisotopic (exact) mass is 276 g/mol. The Bertz CT molecular complexity index is 388. The molecule has 1 aliphatic rings. The van der Waals surface area contributed by atoms with Crippen LogP contribution in [0.15, 0.2) is 24.3 Å². The van der Waals surface area contributed by atoms with E-state index in [0.717, 1.165) is 32.7 Å². The van der Waals surface area contributed by atoms with Crippen LogP contribution < -0.4 is 0 Å². The Morgan fingerprint density at radius 3 is 2.40 bits per heavy atom. The zero-order chi connectivity index (χ0) is 14.4. The Balaban J connectivity index is 1.87. The van der Waals surface area contributed by atoms with Crippen LogP contribution in [-0.4, -0.2) is 19.3 Å². The molecule has 0 spiro atoms. The van der Waals surface area contributed by atoms with E-state index in [1.165, 1.54) is 24.0 Å². The quantitative estimate of drug-likeness (QED) is 0.763. The lowest BCUT2D eigenvalue weighted by Crippen LogP contribution is -2.23. The number of hydrogen-bond acceptors (Lipinski definition) is 2. The summed E-state index contributed by atoms with van der Waals surface area (Å²) in [7, 11) is 0. The molecule has 112 valence electrons. The highest BCUT2D eigenvalue weighted by atomic mass is 16.5. The first-order valence-corrected chi connectivity index (χ1v) is 7.90. The van der Waals surface area contributed by atoms with Crippen LogP contribution in [0.4, 0.5) is 0 Å². The molecule has 2 nitrogen and oxygen atoms in total. The summed E-state index contributed by atoms with van der Waals surface area (Å²) in [4.78, 5) is 0. The van der Waals surface area contributed by atoms with Crippen LogP contribution in [0.1, 0.15) is 57.6 Å². The summed E-state index contributed by atoms with van der Waals surface area (Å²) >= 11 is 0. The summed E-state index contributed by atoms with van der Waals surface area (Å²) in [5, 5.41) is 0. The maximum atomic E-state index is 5.96. The largest absolute Gasteiger partial charge is 0.381 e. The minimum absolute atomic E-state index is 0.273. The first kappa shape index (κ1) is 15.5. The van der Waals surface area contributed by atoms with Gasteiger partial charge in [0.25, 0.3) is 0 Å². The van der Waals surface area contributed by atoms with E-state index in [4.69, 9.17) is 9.47 Å². The van der Waals surface area contributed by atoms with Gasteiger partial charge in [-0.2, -0.15) is 0 Å². The van der Waals surface area contributed by atoms with Crippen molar-refractivity contribution in [3.05, 3.63) is 35.4 Å². The Hall–Kier alpha value is -0.860. The van der Waals surface area contributed by atoms with E-state index < -0.39 is 0 Å². The van der Waals surface area contributed by atoms with Gasteiger partial charge in [0.05, 0.1) is 12.7 Å². The summed E-state index contributed by atoms with van der Waals surface area (Å²) in [5.41, 5.74) is 2.97. The zero-order valence-electron chi connectivity index (χ0n) is 13.2. The molecule has 2 rings (SSSR count). The summed E-state index contributed by atoms with van der Waals surface area (Å²) < 4.78 is 11.3. The second-order valence-corrected chi connectivity index (χ2v) is 6.45. The fourth-order valence-electron chi connectivity index (χ4n) is 2.88. The SMILES string of the molecule is CCCC(C)(C)c1ccc(COC2CCOCC2)cc1. The molecule has 0 aliphatic carbocycles. The third-order valence-corrected chi connectivity index (χ3v) is 4.26. The Morgan fingerprint density at radius 2 is 1.80 bits per heavy atom. The Labute approximate surface area is 123 Å². The molecule has 0 saturated carbocycles. The van der Waals surface area contributed by atoms with Crippen LogP contribution in [0, 0.1) is 0 Å². The van der Waals surface area contributed by atoms with Crippen LogP contribution >= 0.6 is 0 Å². The van der Waals surface area contributed by atoms with E-state index in [9.17, 15) is 0 Å². The van der Waals surface area contributed by atoms with Gasteiger partial charge in [0.15, 0.2) is 0 Å². The van der Waals surface area contributed by atoms with Crippen LogP contribution in [0.3, 0.4) is 0 Å². The van der Waals surface area contributed by atoms with Crippen molar-refractivity contribution in [1.29, 1.82) is 0 Å². The van der Waals surface area contributed by atoms with E-state index in [1.54, 1.807) is 0 Å². The summed E-state index contributed by atoms with van der Waals surface area (Å²) in [6.07, 6.45) is 4.88. The van der Waals surface area contributed by atoms with Crippen LogP contribution in [0.5, 0.6) is 0 Å². The Morgan fingerprint density at radius 1 is 1.15 bits per heavy atom. The summed E-state index contributed by atoms with van der Waals surface area (Å²) in [5.74, 6) is 0. The van der Waals surface area contributed by atoms with Crippen molar-refractivity contribution in [2.75, 3.05) is 13.2 Å². The van der Waals surface area contributed by atoms with Crippen molar-refractivity contribution in [2.24, 2.45) is 0 Å². The predicted molar refractivity (Wildman–Crippen MR) is 83.0 cm³/mol. The average molecular weight is 276 g/mol. The standard InChI is InChI=1S/C18H28O2/c1-4-11-18(2,3)16-7-5-15(6-8-16)14-20-17-9-12-19-13-10-17/h5-8,17H,4,9-14H2,1-3H3. The zero-order valence-corrected chi connectivity index (χ0v) is 13.2. The molecule has 1 aromatic carbocycles. The predicted octanol–water partition coefficient (Wildman–Crippen LogP) is 4.46. The maximum Gasteiger partial charge on any atom is 0.0720 e. The molecule has 1 aromatic rings. The lowest BCUT2D eigenvalue weighted by atomic mass is 9.80. The van der Waals surface area contributed by atoms with Crippen molar-refractivity contribution >= 4 is 0 Å². The van der Waals surface area contributed by atoms with Crippen molar-refractivity contribution in [3.63, 3.8) is 0 Å². The molecule has 1 heterocycles. The molecule has 1 saturated heterocycles. The third kappa shape index (κ3) is 4.32. The molecule has 0 unspecified atom stereocenters. The van der Waals surface area contributed by atoms with Crippen LogP contribution in [-0.2, 0) is 21.5 Å². The molecule has 0 bridgehead atoms. The number of hydrogen-bond donors (Lipinski definition) is 0. The van der Waals surface area contributed by atoms with Crippen LogP contribution in [0.2, 0.25) is 0 Å². The molecular weight excluding hydrogens is 248 g/mol. The van der Waals surface area contributed by atoms with Crippen LogP contribution in [0.25, 0.3) is 0 Å². The molecule has 20 heavy (non-hydrogen) atoms. The van der Waals surface area contributed by atoms with Crippen molar-refractivity contribution in [2.45, 2.75) is 64.6 Å². The van der Waals surface area contributed by atoms with Gasteiger partial charge in [-0.3, -0.25) is 0 Å². The molecule has 1 aliphatic heterocycles. The summed E-state index contributed by atoms with van der Waals surface area (Å²) in [6, 6.07) is 8.95.